The van der Waals surface area contributed by atoms with E-state index in [1.807, 2.05) is 13.0 Å². The number of aromatic hydroxyl groups is 1. The van der Waals surface area contributed by atoms with Crippen LogP contribution in [0.15, 0.2) is 16.6 Å². The zero-order valence-electron chi connectivity index (χ0n) is 7.38. The first-order valence-electron chi connectivity index (χ1n) is 4.07. The topological polar surface area (TPSA) is 37.3 Å². The van der Waals surface area contributed by atoms with E-state index in [4.69, 9.17) is 0 Å². The lowest BCUT2D eigenvalue weighted by molar-refractivity contribution is -0.107. The number of rotatable bonds is 3. The zero-order valence-corrected chi connectivity index (χ0v) is 8.97. The molecule has 0 saturated heterocycles. The Hall–Kier alpha value is -0.830. The van der Waals surface area contributed by atoms with E-state index in [0.717, 1.165) is 17.4 Å². The van der Waals surface area contributed by atoms with Crippen molar-refractivity contribution in [2.24, 2.45) is 0 Å². The van der Waals surface area contributed by atoms with Crippen molar-refractivity contribution in [2.45, 2.75) is 19.8 Å². The molecule has 0 aliphatic rings. The van der Waals surface area contributed by atoms with Crippen LogP contribution in [0.5, 0.6) is 5.75 Å². The third-order valence-corrected chi connectivity index (χ3v) is 2.62. The van der Waals surface area contributed by atoms with Gasteiger partial charge in [0.25, 0.3) is 0 Å². The molecule has 0 bridgehead atoms. The summed E-state index contributed by atoms with van der Waals surface area (Å²) in [5, 5.41) is 9.64. The molecular formula is C10H11BrO2. The average Bonchev–Trinajstić information content (AvgIpc) is 2.12. The highest BCUT2D eigenvalue weighted by atomic mass is 79.9. The van der Waals surface area contributed by atoms with Gasteiger partial charge in [0.05, 0.1) is 4.47 Å². The summed E-state index contributed by atoms with van der Waals surface area (Å²) >= 11 is 3.23. The van der Waals surface area contributed by atoms with Crippen LogP contribution in [0.25, 0.3) is 0 Å². The number of phenolic OH excluding ortho intramolecular Hbond substituents is 1. The fourth-order valence-electron chi connectivity index (χ4n) is 1.23. The van der Waals surface area contributed by atoms with Gasteiger partial charge < -0.3 is 9.90 Å². The first kappa shape index (κ1) is 10.3. The molecule has 13 heavy (non-hydrogen) atoms. The molecule has 2 nitrogen and oxygen atoms in total. The zero-order chi connectivity index (χ0) is 9.84. The van der Waals surface area contributed by atoms with Gasteiger partial charge in [0.2, 0.25) is 0 Å². The second-order valence-corrected chi connectivity index (χ2v) is 3.75. The molecule has 0 saturated carbocycles. The van der Waals surface area contributed by atoms with E-state index in [0.29, 0.717) is 17.3 Å². The molecular weight excluding hydrogens is 232 g/mol. The minimum atomic E-state index is 0.252. The number of carbonyl (C=O) groups is 1. The largest absolute Gasteiger partial charge is 0.506 e. The predicted molar refractivity (Wildman–Crippen MR) is 54.9 cm³/mol. The molecule has 0 aromatic heterocycles. The van der Waals surface area contributed by atoms with Gasteiger partial charge in [-0.05, 0) is 46.5 Å². The van der Waals surface area contributed by atoms with Crippen molar-refractivity contribution in [1.82, 2.24) is 0 Å². The van der Waals surface area contributed by atoms with Crippen LogP contribution < -0.4 is 0 Å². The highest BCUT2D eigenvalue weighted by Crippen LogP contribution is 2.30. The van der Waals surface area contributed by atoms with Crippen molar-refractivity contribution in [1.29, 1.82) is 0 Å². The Morgan fingerprint density at radius 1 is 1.54 bits per heavy atom. The molecule has 70 valence electrons. The summed E-state index contributed by atoms with van der Waals surface area (Å²) in [5.41, 5.74) is 1.86. The number of aldehydes is 1. The Morgan fingerprint density at radius 2 is 2.23 bits per heavy atom. The van der Waals surface area contributed by atoms with E-state index >= 15 is 0 Å². The van der Waals surface area contributed by atoms with Gasteiger partial charge in [0.15, 0.2) is 0 Å². The highest BCUT2D eigenvalue weighted by molar-refractivity contribution is 9.10. The Kier molecular flexibility index (Phi) is 3.48. The lowest BCUT2D eigenvalue weighted by Gasteiger charge is -2.07. The molecule has 0 aliphatic carbocycles. The van der Waals surface area contributed by atoms with Crippen LogP contribution in [-0.4, -0.2) is 11.4 Å². The molecule has 1 rings (SSSR count). The van der Waals surface area contributed by atoms with E-state index in [9.17, 15) is 9.90 Å². The van der Waals surface area contributed by atoms with Gasteiger partial charge >= 0.3 is 0 Å². The van der Waals surface area contributed by atoms with Gasteiger partial charge in [0.1, 0.15) is 12.0 Å². The number of carbonyl (C=O) groups excluding carboxylic acids is 1. The monoisotopic (exact) mass is 242 g/mol. The molecule has 1 aromatic carbocycles. The van der Waals surface area contributed by atoms with Crippen molar-refractivity contribution in [3.05, 3.63) is 27.7 Å². The molecule has 0 unspecified atom stereocenters. The van der Waals surface area contributed by atoms with Gasteiger partial charge in [0, 0.05) is 6.42 Å². The quantitative estimate of drug-likeness (QED) is 0.828. The normalized spacial score (nSPS) is 10.0. The van der Waals surface area contributed by atoms with Gasteiger partial charge in [-0.15, -0.1) is 0 Å². The number of hydrogen-bond acceptors (Lipinski definition) is 2. The van der Waals surface area contributed by atoms with Gasteiger partial charge in [-0.2, -0.15) is 0 Å². The number of phenols is 1. The Bertz CT molecular complexity index is 321. The van der Waals surface area contributed by atoms with Crippen LogP contribution in [0.3, 0.4) is 0 Å². The second kappa shape index (κ2) is 4.42. The van der Waals surface area contributed by atoms with Crippen molar-refractivity contribution in [3.8, 4) is 5.75 Å². The van der Waals surface area contributed by atoms with E-state index < -0.39 is 0 Å². The highest BCUT2D eigenvalue weighted by Gasteiger charge is 2.07. The third kappa shape index (κ3) is 2.31. The summed E-state index contributed by atoms with van der Waals surface area (Å²) in [4.78, 5) is 10.2. The Balaban J connectivity index is 3.02. The van der Waals surface area contributed by atoms with Crippen LogP contribution in [0.4, 0.5) is 0 Å². The van der Waals surface area contributed by atoms with Crippen LogP contribution in [0.1, 0.15) is 17.5 Å². The van der Waals surface area contributed by atoms with Crippen LogP contribution >= 0.6 is 15.9 Å². The minimum Gasteiger partial charge on any atom is -0.506 e. The number of hydrogen-bond donors (Lipinski definition) is 1. The van der Waals surface area contributed by atoms with E-state index in [2.05, 4.69) is 15.9 Å². The predicted octanol–water partition coefficient (Wildman–Crippen LogP) is 2.59. The lowest BCUT2D eigenvalue weighted by Crippen LogP contribution is -1.91. The summed E-state index contributed by atoms with van der Waals surface area (Å²) < 4.78 is 0.680. The van der Waals surface area contributed by atoms with Crippen molar-refractivity contribution in [3.63, 3.8) is 0 Å². The van der Waals surface area contributed by atoms with Crippen LogP contribution in [0, 0.1) is 6.92 Å². The molecule has 0 aliphatic heterocycles. The molecule has 0 atom stereocenters. The first-order chi connectivity index (χ1) is 6.16. The molecule has 0 radical (unpaired) electrons. The van der Waals surface area contributed by atoms with Gasteiger partial charge in [-0.3, -0.25) is 0 Å². The Labute approximate surface area is 85.7 Å². The first-order valence-corrected chi connectivity index (χ1v) is 4.86. The van der Waals surface area contributed by atoms with E-state index in [1.165, 1.54) is 0 Å². The molecule has 1 N–H and O–H groups in total. The van der Waals surface area contributed by atoms with Gasteiger partial charge in [-0.25, -0.2) is 0 Å². The maximum Gasteiger partial charge on any atom is 0.133 e. The maximum absolute atomic E-state index is 10.2. The molecule has 3 heteroatoms. The van der Waals surface area contributed by atoms with Crippen LogP contribution in [0.2, 0.25) is 0 Å². The molecule has 0 amide bonds. The standard InChI is InChI=1S/C10H11BrO2/c1-7-4-5-9(11)10(13)8(7)3-2-6-12/h4-6,13H,2-3H2,1H3. The molecule has 0 fully saturated rings. The fourth-order valence-corrected chi connectivity index (χ4v) is 1.60. The summed E-state index contributed by atoms with van der Waals surface area (Å²) in [6.45, 7) is 1.92. The summed E-state index contributed by atoms with van der Waals surface area (Å²) in [6, 6.07) is 3.72. The minimum absolute atomic E-state index is 0.252. The SMILES string of the molecule is Cc1ccc(Br)c(O)c1CCC=O. The smallest absolute Gasteiger partial charge is 0.133 e. The van der Waals surface area contributed by atoms with Crippen LogP contribution in [-0.2, 0) is 11.2 Å². The van der Waals surface area contributed by atoms with Gasteiger partial charge in [-0.1, -0.05) is 6.07 Å². The average molecular weight is 243 g/mol. The Morgan fingerprint density at radius 3 is 2.85 bits per heavy atom. The fraction of sp³-hybridized carbons (Fsp3) is 0.300. The van der Waals surface area contributed by atoms with Crippen molar-refractivity contribution >= 4 is 22.2 Å². The lowest BCUT2D eigenvalue weighted by atomic mass is 10.0. The van der Waals surface area contributed by atoms with E-state index in [1.54, 1.807) is 6.07 Å². The molecule has 0 heterocycles. The molecule has 0 spiro atoms. The molecule has 1 aromatic rings. The number of benzene rings is 1. The number of aryl methyl sites for hydroxylation is 1. The van der Waals surface area contributed by atoms with Crippen molar-refractivity contribution in [2.75, 3.05) is 0 Å². The number of halogens is 1. The summed E-state index contributed by atoms with van der Waals surface area (Å²) in [5.74, 6) is 0.252. The second-order valence-electron chi connectivity index (χ2n) is 2.90. The van der Waals surface area contributed by atoms with Crippen molar-refractivity contribution < 1.29 is 9.90 Å². The maximum atomic E-state index is 10.2. The third-order valence-electron chi connectivity index (χ3n) is 1.98. The van der Waals surface area contributed by atoms with E-state index in [-0.39, 0.29) is 5.75 Å². The summed E-state index contributed by atoms with van der Waals surface area (Å²) in [6.07, 6.45) is 1.91. The summed E-state index contributed by atoms with van der Waals surface area (Å²) in [7, 11) is 0.